The molecule has 0 saturated heterocycles. The van der Waals surface area contributed by atoms with Gasteiger partial charge in [0.1, 0.15) is 0 Å². The molecule has 3 heteroatoms. The molecule has 0 aliphatic carbocycles. The maximum absolute atomic E-state index is 3.99. The lowest BCUT2D eigenvalue weighted by Gasteiger charge is -2.38. The Morgan fingerprint density at radius 3 is 1.12 bits per heavy atom. The molecule has 0 unspecified atom stereocenters. The summed E-state index contributed by atoms with van der Waals surface area (Å²) in [6, 6.07) is 3.97. The van der Waals surface area contributed by atoms with Gasteiger partial charge in [0, 0.05) is 12.1 Å². The highest BCUT2D eigenvalue weighted by Crippen LogP contribution is 2.14. The van der Waals surface area contributed by atoms with E-state index in [0.717, 1.165) is 0 Å². The predicted octanol–water partition coefficient (Wildman–Crippen LogP) is 4.02. The molecule has 0 heterocycles. The van der Waals surface area contributed by atoms with Crippen LogP contribution in [0.4, 0.5) is 0 Å². The van der Waals surface area contributed by atoms with Gasteiger partial charge in [0.15, 0.2) is 0 Å². The second-order valence-corrected chi connectivity index (χ2v) is 9.26. The first-order chi connectivity index (χ1) is 8.11. The maximum Gasteiger partial charge on any atom is 0.201 e. The van der Waals surface area contributed by atoms with Crippen molar-refractivity contribution in [3.8, 4) is 0 Å². The van der Waals surface area contributed by atoms with Crippen molar-refractivity contribution < 1.29 is 0 Å². The maximum atomic E-state index is 3.99. The van der Waals surface area contributed by atoms with Gasteiger partial charge in [-0.25, -0.2) is 0 Å². The SMILES string of the molecule is CCC(CC)N[Si](CC)(CC)NC(CC)CC. The first kappa shape index (κ1) is 17.1. The normalized spacial score (nSPS) is 12.7. The van der Waals surface area contributed by atoms with Crippen molar-refractivity contribution in [1.29, 1.82) is 0 Å². The van der Waals surface area contributed by atoms with Crippen molar-refractivity contribution in [3.63, 3.8) is 0 Å². The molecule has 0 aromatic carbocycles. The molecule has 2 N–H and O–H groups in total. The Morgan fingerprint density at radius 2 is 0.941 bits per heavy atom. The summed E-state index contributed by atoms with van der Waals surface area (Å²) < 4.78 is 0. The largest absolute Gasteiger partial charge is 0.323 e. The van der Waals surface area contributed by atoms with Gasteiger partial charge in [0.05, 0.1) is 0 Å². The fraction of sp³-hybridized carbons (Fsp3) is 1.00. The zero-order chi connectivity index (χ0) is 13.3. The Kier molecular flexibility index (Phi) is 9.19. The molecular weight excluding hydrogens is 224 g/mol. The van der Waals surface area contributed by atoms with Crippen LogP contribution in [0.3, 0.4) is 0 Å². The number of rotatable bonds is 10. The van der Waals surface area contributed by atoms with Crippen molar-refractivity contribution in [3.05, 3.63) is 0 Å². The van der Waals surface area contributed by atoms with E-state index >= 15 is 0 Å². The quantitative estimate of drug-likeness (QED) is 0.578. The van der Waals surface area contributed by atoms with Gasteiger partial charge in [-0.1, -0.05) is 41.5 Å². The van der Waals surface area contributed by atoms with Crippen LogP contribution in [-0.2, 0) is 0 Å². The lowest BCUT2D eigenvalue weighted by molar-refractivity contribution is 0.519. The summed E-state index contributed by atoms with van der Waals surface area (Å²) in [6.45, 7) is 13.9. The summed E-state index contributed by atoms with van der Waals surface area (Å²) in [4.78, 5) is 7.99. The van der Waals surface area contributed by atoms with Crippen LogP contribution in [0.15, 0.2) is 0 Å². The van der Waals surface area contributed by atoms with Crippen LogP contribution in [0, 0.1) is 0 Å². The smallest absolute Gasteiger partial charge is 0.201 e. The fourth-order valence-corrected chi connectivity index (χ4v) is 6.25. The molecule has 0 rings (SSSR count). The molecule has 0 atom stereocenters. The summed E-state index contributed by atoms with van der Waals surface area (Å²) in [7, 11) is -1.45. The zero-order valence-electron chi connectivity index (χ0n) is 12.9. The van der Waals surface area contributed by atoms with Gasteiger partial charge >= 0.3 is 0 Å². The highest BCUT2D eigenvalue weighted by atomic mass is 28.3. The third-order valence-corrected chi connectivity index (χ3v) is 8.48. The van der Waals surface area contributed by atoms with Crippen LogP contribution < -0.4 is 9.96 Å². The molecule has 0 aliphatic rings. The van der Waals surface area contributed by atoms with Crippen LogP contribution >= 0.6 is 0 Å². The van der Waals surface area contributed by atoms with E-state index in [4.69, 9.17) is 0 Å². The van der Waals surface area contributed by atoms with Gasteiger partial charge in [-0.2, -0.15) is 0 Å². The molecule has 0 aromatic rings. The molecule has 0 aliphatic heterocycles. The van der Waals surface area contributed by atoms with Crippen LogP contribution in [0.1, 0.15) is 67.2 Å². The third-order valence-electron chi connectivity index (χ3n) is 4.14. The van der Waals surface area contributed by atoms with Gasteiger partial charge in [-0.3, -0.25) is 0 Å². The van der Waals surface area contributed by atoms with Crippen molar-refractivity contribution >= 4 is 8.40 Å². The van der Waals surface area contributed by atoms with E-state index in [0.29, 0.717) is 12.1 Å². The van der Waals surface area contributed by atoms with Gasteiger partial charge in [0.2, 0.25) is 8.40 Å². The van der Waals surface area contributed by atoms with Gasteiger partial charge < -0.3 is 9.96 Å². The molecule has 104 valence electrons. The first-order valence-electron chi connectivity index (χ1n) is 7.66. The highest BCUT2D eigenvalue weighted by Gasteiger charge is 2.32. The van der Waals surface area contributed by atoms with E-state index in [1.54, 1.807) is 0 Å². The van der Waals surface area contributed by atoms with Crippen LogP contribution in [0.5, 0.6) is 0 Å². The lowest BCUT2D eigenvalue weighted by atomic mass is 10.2. The molecule has 17 heavy (non-hydrogen) atoms. The Hall–Kier alpha value is 0.137. The summed E-state index contributed by atoms with van der Waals surface area (Å²) in [6.07, 6.45) is 4.98. The fourth-order valence-electron chi connectivity index (χ4n) is 2.47. The van der Waals surface area contributed by atoms with E-state index in [9.17, 15) is 0 Å². The molecule has 0 aromatic heterocycles. The minimum Gasteiger partial charge on any atom is -0.323 e. The van der Waals surface area contributed by atoms with E-state index in [-0.39, 0.29) is 0 Å². The summed E-state index contributed by atoms with van der Waals surface area (Å²) in [5, 5.41) is 0. The zero-order valence-corrected chi connectivity index (χ0v) is 13.9. The molecule has 0 bridgehead atoms. The standard InChI is InChI=1S/C14H34N2Si/c1-7-13(8-2)15-17(11-5,12-6)16-14(9-3)10-4/h13-16H,7-12H2,1-6H3. The van der Waals surface area contributed by atoms with E-state index in [1.807, 2.05) is 0 Å². The Labute approximate surface area is 110 Å². The van der Waals surface area contributed by atoms with Gasteiger partial charge in [-0.05, 0) is 37.8 Å². The molecule has 0 fully saturated rings. The molecule has 0 amide bonds. The average Bonchev–Trinajstić information content (AvgIpc) is 2.40. The minimum atomic E-state index is -1.45. The number of hydrogen-bond donors (Lipinski definition) is 2. The Morgan fingerprint density at radius 1 is 0.647 bits per heavy atom. The van der Waals surface area contributed by atoms with E-state index in [2.05, 4.69) is 51.5 Å². The van der Waals surface area contributed by atoms with Crippen LogP contribution in [0.25, 0.3) is 0 Å². The summed E-state index contributed by atoms with van der Waals surface area (Å²) in [5.41, 5.74) is 0. The molecule has 0 spiro atoms. The van der Waals surface area contributed by atoms with Crippen molar-refractivity contribution in [2.24, 2.45) is 0 Å². The number of hydrogen-bond acceptors (Lipinski definition) is 2. The minimum absolute atomic E-state index is 0.698. The summed E-state index contributed by atoms with van der Waals surface area (Å²) in [5.74, 6) is 0. The van der Waals surface area contributed by atoms with Gasteiger partial charge in [-0.15, -0.1) is 0 Å². The second kappa shape index (κ2) is 9.12. The molecule has 0 radical (unpaired) electrons. The van der Waals surface area contributed by atoms with Crippen molar-refractivity contribution in [2.45, 2.75) is 91.4 Å². The number of nitrogens with one attached hydrogen (secondary N) is 2. The van der Waals surface area contributed by atoms with Crippen LogP contribution in [0.2, 0.25) is 12.1 Å². The van der Waals surface area contributed by atoms with Crippen molar-refractivity contribution in [2.75, 3.05) is 0 Å². The lowest BCUT2D eigenvalue weighted by Crippen LogP contribution is -2.66. The molecule has 0 saturated carbocycles. The Bertz CT molecular complexity index is 157. The topological polar surface area (TPSA) is 24.1 Å². The summed E-state index contributed by atoms with van der Waals surface area (Å²) >= 11 is 0. The third kappa shape index (κ3) is 5.54. The monoisotopic (exact) mass is 258 g/mol. The van der Waals surface area contributed by atoms with E-state index < -0.39 is 8.40 Å². The van der Waals surface area contributed by atoms with E-state index in [1.165, 1.54) is 37.8 Å². The van der Waals surface area contributed by atoms with Crippen molar-refractivity contribution in [1.82, 2.24) is 9.96 Å². The molecule has 2 nitrogen and oxygen atoms in total. The predicted molar refractivity (Wildman–Crippen MR) is 81.7 cm³/mol. The average molecular weight is 259 g/mol. The molecular formula is C14H34N2Si. The first-order valence-corrected chi connectivity index (χ1v) is 10.1. The van der Waals surface area contributed by atoms with Gasteiger partial charge in [0.25, 0.3) is 0 Å². The second-order valence-electron chi connectivity index (χ2n) is 5.10. The Balaban J connectivity index is 4.63. The highest BCUT2D eigenvalue weighted by molar-refractivity contribution is 6.75. The van der Waals surface area contributed by atoms with Crippen LogP contribution in [-0.4, -0.2) is 20.5 Å².